The Labute approximate surface area is 110 Å². The average Bonchev–Trinajstić information content (AvgIpc) is 2.43. The van der Waals surface area contributed by atoms with Crippen LogP contribution in [0.5, 0.6) is 0 Å². The Morgan fingerprint density at radius 2 is 2.06 bits per heavy atom. The SMILES string of the molecule is CCN(c1ccc(C)cc1)C1(CN)CCCOC1. The van der Waals surface area contributed by atoms with Crippen LogP contribution in [-0.2, 0) is 4.74 Å². The molecule has 1 aromatic rings. The molecule has 0 spiro atoms. The molecule has 1 atom stereocenters. The van der Waals surface area contributed by atoms with Gasteiger partial charge in [-0.15, -0.1) is 0 Å². The van der Waals surface area contributed by atoms with Gasteiger partial charge in [-0.25, -0.2) is 0 Å². The van der Waals surface area contributed by atoms with E-state index >= 15 is 0 Å². The van der Waals surface area contributed by atoms with Gasteiger partial charge in [0.1, 0.15) is 0 Å². The largest absolute Gasteiger partial charge is 0.379 e. The van der Waals surface area contributed by atoms with E-state index in [1.54, 1.807) is 0 Å². The number of nitrogens with two attached hydrogens (primary N) is 1. The standard InChI is InChI=1S/C15H24N2O/c1-3-17(14-7-5-13(2)6-8-14)15(11-16)9-4-10-18-12-15/h5-8H,3-4,9-12,16H2,1-2H3. The fourth-order valence-electron chi connectivity index (χ4n) is 2.84. The molecule has 3 nitrogen and oxygen atoms in total. The number of aryl methyl sites for hydroxylation is 1. The number of hydrogen-bond donors (Lipinski definition) is 1. The Balaban J connectivity index is 2.27. The molecule has 1 saturated heterocycles. The van der Waals surface area contributed by atoms with Crippen LogP contribution in [0.25, 0.3) is 0 Å². The summed E-state index contributed by atoms with van der Waals surface area (Å²) in [6, 6.07) is 8.69. The van der Waals surface area contributed by atoms with E-state index in [0.29, 0.717) is 6.54 Å². The topological polar surface area (TPSA) is 38.5 Å². The molecule has 1 aromatic carbocycles. The van der Waals surface area contributed by atoms with E-state index in [-0.39, 0.29) is 5.54 Å². The molecule has 0 aliphatic carbocycles. The van der Waals surface area contributed by atoms with Gasteiger partial charge in [0.15, 0.2) is 0 Å². The minimum absolute atomic E-state index is 0.0255. The van der Waals surface area contributed by atoms with Gasteiger partial charge in [0, 0.05) is 25.4 Å². The molecule has 0 amide bonds. The van der Waals surface area contributed by atoms with Crippen molar-refractivity contribution in [2.24, 2.45) is 5.73 Å². The molecular formula is C15H24N2O. The van der Waals surface area contributed by atoms with Crippen LogP contribution in [0.15, 0.2) is 24.3 Å². The summed E-state index contributed by atoms with van der Waals surface area (Å²) >= 11 is 0. The lowest BCUT2D eigenvalue weighted by atomic mass is 9.89. The van der Waals surface area contributed by atoms with Crippen LogP contribution in [0.1, 0.15) is 25.3 Å². The normalized spacial score (nSPS) is 23.9. The van der Waals surface area contributed by atoms with Gasteiger partial charge in [-0.3, -0.25) is 0 Å². The average molecular weight is 248 g/mol. The zero-order valence-corrected chi connectivity index (χ0v) is 11.5. The van der Waals surface area contributed by atoms with E-state index in [0.717, 1.165) is 32.6 Å². The molecule has 2 N–H and O–H groups in total. The first-order valence-corrected chi connectivity index (χ1v) is 6.84. The second kappa shape index (κ2) is 5.72. The number of ether oxygens (including phenoxy) is 1. The van der Waals surface area contributed by atoms with Crippen LogP contribution in [0.2, 0.25) is 0 Å². The lowest BCUT2D eigenvalue weighted by Crippen LogP contribution is -2.59. The predicted octanol–water partition coefficient (Wildman–Crippen LogP) is 2.33. The Kier molecular flexibility index (Phi) is 4.25. The summed E-state index contributed by atoms with van der Waals surface area (Å²) in [6.45, 7) is 7.52. The summed E-state index contributed by atoms with van der Waals surface area (Å²) in [5.74, 6) is 0. The molecule has 0 radical (unpaired) electrons. The summed E-state index contributed by atoms with van der Waals surface area (Å²) in [4.78, 5) is 2.41. The summed E-state index contributed by atoms with van der Waals surface area (Å²) in [6.07, 6.45) is 2.21. The Bertz CT molecular complexity index is 369. The number of anilines is 1. The molecule has 2 rings (SSSR count). The zero-order chi connectivity index (χ0) is 13.0. The van der Waals surface area contributed by atoms with E-state index in [1.165, 1.54) is 11.3 Å². The Morgan fingerprint density at radius 1 is 1.33 bits per heavy atom. The smallest absolute Gasteiger partial charge is 0.0757 e. The maximum absolute atomic E-state index is 6.06. The van der Waals surface area contributed by atoms with Crippen molar-refractivity contribution in [3.8, 4) is 0 Å². The number of rotatable bonds is 4. The van der Waals surface area contributed by atoms with Crippen molar-refractivity contribution in [2.75, 3.05) is 31.2 Å². The monoisotopic (exact) mass is 248 g/mol. The van der Waals surface area contributed by atoms with E-state index in [2.05, 4.69) is 43.0 Å². The first-order valence-electron chi connectivity index (χ1n) is 6.84. The highest BCUT2D eigenvalue weighted by Crippen LogP contribution is 2.30. The number of nitrogens with zero attached hydrogens (tertiary/aromatic N) is 1. The van der Waals surface area contributed by atoms with Gasteiger partial charge in [-0.05, 0) is 38.8 Å². The van der Waals surface area contributed by atoms with E-state index in [4.69, 9.17) is 10.5 Å². The zero-order valence-electron chi connectivity index (χ0n) is 11.5. The number of likely N-dealkylation sites (N-methyl/N-ethyl adjacent to an activating group) is 1. The van der Waals surface area contributed by atoms with E-state index in [9.17, 15) is 0 Å². The molecule has 0 saturated carbocycles. The van der Waals surface area contributed by atoms with Gasteiger partial charge >= 0.3 is 0 Å². The highest BCUT2D eigenvalue weighted by Gasteiger charge is 2.37. The van der Waals surface area contributed by atoms with E-state index < -0.39 is 0 Å². The van der Waals surface area contributed by atoms with Crippen molar-refractivity contribution in [2.45, 2.75) is 32.2 Å². The van der Waals surface area contributed by atoms with Crippen molar-refractivity contribution in [3.05, 3.63) is 29.8 Å². The van der Waals surface area contributed by atoms with Gasteiger partial charge in [0.2, 0.25) is 0 Å². The second-order valence-corrected chi connectivity index (χ2v) is 5.16. The van der Waals surface area contributed by atoms with Crippen LogP contribution < -0.4 is 10.6 Å². The molecule has 100 valence electrons. The third-order valence-corrected chi connectivity index (χ3v) is 3.92. The fraction of sp³-hybridized carbons (Fsp3) is 0.600. The molecule has 1 fully saturated rings. The minimum Gasteiger partial charge on any atom is -0.379 e. The number of hydrogen-bond acceptors (Lipinski definition) is 3. The lowest BCUT2D eigenvalue weighted by molar-refractivity contribution is 0.0379. The molecule has 1 heterocycles. The quantitative estimate of drug-likeness (QED) is 0.888. The van der Waals surface area contributed by atoms with Crippen LogP contribution in [0, 0.1) is 6.92 Å². The van der Waals surface area contributed by atoms with Crippen LogP contribution in [0.3, 0.4) is 0 Å². The van der Waals surface area contributed by atoms with Gasteiger partial charge in [-0.2, -0.15) is 0 Å². The molecule has 18 heavy (non-hydrogen) atoms. The first kappa shape index (κ1) is 13.4. The highest BCUT2D eigenvalue weighted by molar-refractivity contribution is 5.50. The predicted molar refractivity (Wildman–Crippen MR) is 76.0 cm³/mol. The molecular weight excluding hydrogens is 224 g/mol. The third-order valence-electron chi connectivity index (χ3n) is 3.92. The lowest BCUT2D eigenvalue weighted by Gasteiger charge is -2.46. The van der Waals surface area contributed by atoms with Crippen molar-refractivity contribution in [1.82, 2.24) is 0 Å². The summed E-state index contributed by atoms with van der Waals surface area (Å²) < 4.78 is 5.68. The molecule has 3 heteroatoms. The Hall–Kier alpha value is -1.06. The van der Waals surface area contributed by atoms with Crippen LogP contribution >= 0.6 is 0 Å². The second-order valence-electron chi connectivity index (χ2n) is 5.16. The Morgan fingerprint density at radius 3 is 2.56 bits per heavy atom. The first-order chi connectivity index (χ1) is 8.72. The van der Waals surface area contributed by atoms with Gasteiger partial charge in [-0.1, -0.05) is 17.7 Å². The molecule has 1 unspecified atom stereocenters. The third kappa shape index (κ3) is 2.52. The molecule has 1 aliphatic heterocycles. The maximum Gasteiger partial charge on any atom is 0.0757 e. The van der Waals surface area contributed by atoms with Crippen molar-refractivity contribution >= 4 is 5.69 Å². The summed E-state index contributed by atoms with van der Waals surface area (Å²) in [7, 11) is 0. The minimum atomic E-state index is -0.0255. The maximum atomic E-state index is 6.06. The van der Waals surface area contributed by atoms with Crippen molar-refractivity contribution < 1.29 is 4.74 Å². The summed E-state index contributed by atoms with van der Waals surface area (Å²) in [5.41, 5.74) is 8.57. The molecule has 1 aliphatic rings. The molecule has 0 bridgehead atoms. The van der Waals surface area contributed by atoms with Crippen molar-refractivity contribution in [3.63, 3.8) is 0 Å². The molecule has 0 aromatic heterocycles. The highest BCUT2D eigenvalue weighted by atomic mass is 16.5. The van der Waals surface area contributed by atoms with Crippen LogP contribution in [0.4, 0.5) is 5.69 Å². The van der Waals surface area contributed by atoms with Crippen molar-refractivity contribution in [1.29, 1.82) is 0 Å². The van der Waals surface area contributed by atoms with Gasteiger partial charge in [0.05, 0.1) is 12.1 Å². The number of benzene rings is 1. The van der Waals surface area contributed by atoms with Gasteiger partial charge < -0.3 is 15.4 Å². The van der Waals surface area contributed by atoms with Crippen LogP contribution in [-0.4, -0.2) is 31.8 Å². The van der Waals surface area contributed by atoms with Gasteiger partial charge in [0.25, 0.3) is 0 Å². The fourth-order valence-corrected chi connectivity index (χ4v) is 2.84. The van der Waals surface area contributed by atoms with E-state index in [1.807, 2.05) is 0 Å². The summed E-state index contributed by atoms with van der Waals surface area (Å²) in [5, 5.41) is 0.